The van der Waals surface area contributed by atoms with Crippen molar-refractivity contribution in [2.45, 2.75) is 33.6 Å². The van der Waals surface area contributed by atoms with E-state index in [4.69, 9.17) is 0 Å². The smallest absolute Gasteiger partial charge is 0.180 e. The van der Waals surface area contributed by atoms with E-state index in [-0.39, 0.29) is 0 Å². The maximum Gasteiger partial charge on any atom is 0.180 e. The van der Waals surface area contributed by atoms with E-state index < -0.39 is 0 Å². The van der Waals surface area contributed by atoms with Crippen molar-refractivity contribution >= 4 is 11.2 Å². The lowest BCUT2D eigenvalue weighted by molar-refractivity contribution is 0.825. The Morgan fingerprint density at radius 1 is 1.14 bits per heavy atom. The zero-order chi connectivity index (χ0) is 10.6. The second kappa shape index (κ2) is 4.69. The predicted octanol–water partition coefficient (Wildman–Crippen LogP) is 2.50. The van der Waals surface area contributed by atoms with E-state index in [0.29, 0.717) is 5.92 Å². The maximum absolute atomic E-state index is 4.20. The van der Waals surface area contributed by atoms with Crippen molar-refractivity contribution < 1.29 is 0 Å². The van der Waals surface area contributed by atoms with E-state index in [1.165, 1.54) is 0 Å². The first kappa shape index (κ1) is 10.6. The van der Waals surface area contributed by atoms with Gasteiger partial charge in [-0.25, -0.2) is 15.0 Å². The number of hydrogen-bond donors (Lipinski definition) is 1. The highest BCUT2D eigenvalue weighted by molar-refractivity contribution is 5.72. The van der Waals surface area contributed by atoms with Crippen LogP contribution in [-0.4, -0.2) is 19.9 Å². The van der Waals surface area contributed by atoms with Gasteiger partial charge in [0.2, 0.25) is 0 Å². The molecule has 0 radical (unpaired) electrons. The van der Waals surface area contributed by atoms with Gasteiger partial charge in [-0.1, -0.05) is 27.7 Å². The fourth-order valence-corrected chi connectivity index (χ4v) is 1.22. The summed E-state index contributed by atoms with van der Waals surface area (Å²) in [6, 6.07) is 0. The first-order valence-corrected chi connectivity index (χ1v) is 4.93. The number of fused-ring (bicyclic) bond motifs is 1. The number of nitrogens with zero attached hydrogens (tertiary/aromatic N) is 3. The van der Waals surface area contributed by atoms with Crippen molar-refractivity contribution in [1.29, 1.82) is 0 Å². The minimum atomic E-state index is 0.399. The Kier molecular flexibility index (Phi) is 3.56. The largest absolute Gasteiger partial charge is 0.342 e. The van der Waals surface area contributed by atoms with Gasteiger partial charge in [0, 0.05) is 0 Å². The summed E-state index contributed by atoms with van der Waals surface area (Å²) in [5, 5.41) is 0. The Bertz CT molecular complexity index is 392. The van der Waals surface area contributed by atoms with Crippen LogP contribution in [-0.2, 0) is 0 Å². The Labute approximate surface area is 83.8 Å². The van der Waals surface area contributed by atoms with Gasteiger partial charge in [-0.05, 0) is 5.92 Å². The minimum Gasteiger partial charge on any atom is -0.342 e. The fraction of sp³-hybridized carbons (Fsp3) is 0.500. The van der Waals surface area contributed by atoms with Gasteiger partial charge in [-0.3, -0.25) is 0 Å². The van der Waals surface area contributed by atoms with Crippen LogP contribution in [0.15, 0.2) is 12.7 Å². The number of imidazole rings is 1. The molecule has 0 aliphatic rings. The molecule has 2 aromatic heterocycles. The molecule has 76 valence electrons. The molecule has 4 nitrogen and oxygen atoms in total. The topological polar surface area (TPSA) is 54.5 Å². The summed E-state index contributed by atoms with van der Waals surface area (Å²) in [7, 11) is 0. The Morgan fingerprint density at radius 3 is 2.50 bits per heavy atom. The first-order valence-electron chi connectivity index (χ1n) is 4.93. The van der Waals surface area contributed by atoms with Crippen molar-refractivity contribution in [3.05, 3.63) is 18.3 Å². The quantitative estimate of drug-likeness (QED) is 0.755. The second-order valence-corrected chi connectivity index (χ2v) is 3.01. The van der Waals surface area contributed by atoms with E-state index in [1.807, 2.05) is 13.8 Å². The summed E-state index contributed by atoms with van der Waals surface area (Å²) in [5.41, 5.74) is 2.72. The van der Waals surface area contributed by atoms with Crippen LogP contribution in [0.1, 0.15) is 39.3 Å². The van der Waals surface area contributed by atoms with Crippen molar-refractivity contribution in [3.8, 4) is 0 Å². The van der Waals surface area contributed by atoms with E-state index in [1.54, 1.807) is 12.7 Å². The number of rotatable bonds is 1. The highest BCUT2D eigenvalue weighted by atomic mass is 15.0. The minimum absolute atomic E-state index is 0.399. The summed E-state index contributed by atoms with van der Waals surface area (Å²) < 4.78 is 0. The molecule has 0 aliphatic heterocycles. The molecule has 2 rings (SSSR count). The van der Waals surface area contributed by atoms with E-state index in [2.05, 4.69) is 33.8 Å². The molecular formula is C10H16N4. The molecule has 4 heteroatoms. The van der Waals surface area contributed by atoms with Crippen molar-refractivity contribution in [3.63, 3.8) is 0 Å². The standard InChI is InChI=1S/C8H10N4.C2H6/c1-5(2)6-7-8(11-3-9-6)12-4-10-7;1-2/h3-5H,1-2H3,(H,9,10,11,12);1-2H3. The Balaban J connectivity index is 0.000000461. The lowest BCUT2D eigenvalue weighted by Gasteiger charge is -2.02. The van der Waals surface area contributed by atoms with Crippen molar-refractivity contribution in [2.24, 2.45) is 0 Å². The number of hydrogen-bond acceptors (Lipinski definition) is 3. The summed E-state index contributed by atoms with van der Waals surface area (Å²) >= 11 is 0. The van der Waals surface area contributed by atoms with Crippen molar-refractivity contribution in [2.75, 3.05) is 0 Å². The molecule has 0 fully saturated rings. The van der Waals surface area contributed by atoms with Crippen LogP contribution < -0.4 is 0 Å². The molecule has 0 atom stereocenters. The fourth-order valence-electron chi connectivity index (χ4n) is 1.22. The van der Waals surface area contributed by atoms with Gasteiger partial charge in [-0.15, -0.1) is 0 Å². The average Bonchev–Trinajstić information content (AvgIpc) is 2.67. The first-order chi connectivity index (χ1) is 6.79. The lowest BCUT2D eigenvalue weighted by atomic mass is 10.1. The molecule has 0 spiro atoms. The van der Waals surface area contributed by atoms with Gasteiger partial charge in [0.05, 0.1) is 12.0 Å². The zero-order valence-corrected chi connectivity index (χ0v) is 9.07. The van der Waals surface area contributed by atoms with E-state index in [0.717, 1.165) is 16.9 Å². The van der Waals surface area contributed by atoms with Crippen LogP contribution in [0.4, 0.5) is 0 Å². The third-order valence-corrected chi connectivity index (χ3v) is 1.80. The number of aromatic amines is 1. The molecule has 2 aromatic rings. The zero-order valence-electron chi connectivity index (χ0n) is 9.07. The molecule has 0 aliphatic carbocycles. The van der Waals surface area contributed by atoms with Crippen LogP contribution in [0.5, 0.6) is 0 Å². The molecule has 0 bridgehead atoms. The molecule has 1 N–H and O–H groups in total. The normalized spacial score (nSPS) is 10.1. The monoisotopic (exact) mass is 192 g/mol. The molecule has 14 heavy (non-hydrogen) atoms. The summed E-state index contributed by atoms with van der Waals surface area (Å²) in [5.74, 6) is 0.399. The number of H-pyrrole nitrogens is 1. The third kappa shape index (κ3) is 1.89. The van der Waals surface area contributed by atoms with Gasteiger partial charge in [-0.2, -0.15) is 0 Å². The average molecular weight is 192 g/mol. The highest BCUT2D eigenvalue weighted by Gasteiger charge is 2.07. The Morgan fingerprint density at radius 2 is 1.86 bits per heavy atom. The number of nitrogens with one attached hydrogen (secondary N) is 1. The lowest BCUT2D eigenvalue weighted by Crippen LogP contribution is -1.94. The molecular weight excluding hydrogens is 176 g/mol. The second-order valence-electron chi connectivity index (χ2n) is 3.01. The summed E-state index contributed by atoms with van der Waals surface area (Å²) in [4.78, 5) is 15.3. The van der Waals surface area contributed by atoms with Crippen LogP contribution in [0, 0.1) is 0 Å². The van der Waals surface area contributed by atoms with Gasteiger partial charge >= 0.3 is 0 Å². The van der Waals surface area contributed by atoms with Crippen LogP contribution >= 0.6 is 0 Å². The SMILES string of the molecule is CC.CC(C)c1ncnc2nc[nH]c12. The summed E-state index contributed by atoms with van der Waals surface area (Å²) in [6.45, 7) is 8.20. The van der Waals surface area contributed by atoms with Crippen LogP contribution in [0.2, 0.25) is 0 Å². The van der Waals surface area contributed by atoms with E-state index >= 15 is 0 Å². The molecule has 0 saturated heterocycles. The molecule has 0 aromatic carbocycles. The summed E-state index contributed by atoms with van der Waals surface area (Å²) in [6.07, 6.45) is 3.20. The molecule has 0 unspecified atom stereocenters. The van der Waals surface area contributed by atoms with Gasteiger partial charge in [0.1, 0.15) is 11.8 Å². The third-order valence-electron chi connectivity index (χ3n) is 1.80. The molecule has 2 heterocycles. The van der Waals surface area contributed by atoms with E-state index in [9.17, 15) is 0 Å². The highest BCUT2D eigenvalue weighted by Crippen LogP contribution is 2.17. The predicted molar refractivity (Wildman–Crippen MR) is 57.1 cm³/mol. The van der Waals surface area contributed by atoms with Gasteiger partial charge in [0.25, 0.3) is 0 Å². The Hall–Kier alpha value is -1.45. The van der Waals surface area contributed by atoms with Crippen LogP contribution in [0.25, 0.3) is 11.2 Å². The van der Waals surface area contributed by atoms with Crippen LogP contribution in [0.3, 0.4) is 0 Å². The number of aromatic nitrogens is 4. The maximum atomic E-state index is 4.20. The van der Waals surface area contributed by atoms with Gasteiger partial charge < -0.3 is 4.98 Å². The van der Waals surface area contributed by atoms with Gasteiger partial charge in [0.15, 0.2) is 5.65 Å². The van der Waals surface area contributed by atoms with Crippen molar-refractivity contribution in [1.82, 2.24) is 19.9 Å². The molecule has 0 saturated carbocycles. The molecule has 0 amide bonds.